The molecule has 0 aromatic rings. The summed E-state index contributed by atoms with van der Waals surface area (Å²) in [6.45, 7) is 8.95. The lowest BCUT2D eigenvalue weighted by atomic mass is 9.96. The van der Waals surface area contributed by atoms with Gasteiger partial charge >= 0.3 is 0 Å². The number of nitrogens with zero attached hydrogens (tertiary/aromatic N) is 1. The van der Waals surface area contributed by atoms with E-state index in [1.54, 1.807) is 0 Å². The van der Waals surface area contributed by atoms with Gasteiger partial charge in [0, 0.05) is 12.1 Å². The fourth-order valence-corrected chi connectivity index (χ4v) is 2.85. The molecule has 0 amide bonds. The number of aliphatic hydroxyl groups excluding tert-OH is 1. The lowest BCUT2D eigenvalue weighted by molar-refractivity contribution is 0.0933. The summed E-state index contributed by atoms with van der Waals surface area (Å²) in [6, 6.07) is 0.226. The largest absolute Gasteiger partial charge is 0.395 e. The van der Waals surface area contributed by atoms with E-state index in [2.05, 4.69) is 25.7 Å². The van der Waals surface area contributed by atoms with Crippen LogP contribution in [-0.4, -0.2) is 41.8 Å². The summed E-state index contributed by atoms with van der Waals surface area (Å²) in [7, 11) is 0. The predicted molar refractivity (Wildman–Crippen MR) is 72.9 cm³/mol. The molecule has 1 heterocycles. The van der Waals surface area contributed by atoms with Crippen LogP contribution in [0.2, 0.25) is 0 Å². The topological polar surface area (TPSA) is 49.5 Å². The smallest absolute Gasteiger partial charge is 0.0602 e. The Morgan fingerprint density at radius 1 is 1.29 bits per heavy atom. The van der Waals surface area contributed by atoms with E-state index >= 15 is 0 Å². The molecule has 3 heteroatoms. The van der Waals surface area contributed by atoms with Crippen LogP contribution in [0.4, 0.5) is 0 Å². The first-order chi connectivity index (χ1) is 8.10. The molecule has 3 nitrogen and oxygen atoms in total. The molecule has 3 N–H and O–H groups in total. The molecular formula is C14H30N2O. The van der Waals surface area contributed by atoms with Crippen LogP contribution in [0, 0.1) is 11.8 Å². The van der Waals surface area contributed by atoms with Gasteiger partial charge in [-0.15, -0.1) is 0 Å². The van der Waals surface area contributed by atoms with Crippen LogP contribution in [0.5, 0.6) is 0 Å². The minimum Gasteiger partial charge on any atom is -0.395 e. The third-order valence-corrected chi connectivity index (χ3v) is 4.33. The molecule has 0 aromatic heterocycles. The van der Waals surface area contributed by atoms with Crippen LogP contribution in [0.1, 0.15) is 46.5 Å². The Labute approximate surface area is 106 Å². The standard InChI is InChI=1S/C14H30N2O/c1-4-12-6-5-8-16(9-7-12)13(10-17)14(15)11(2)3/h11-14,17H,4-10,15H2,1-3H3. The normalized spacial score (nSPS) is 26.8. The Morgan fingerprint density at radius 2 is 2.00 bits per heavy atom. The third kappa shape index (κ3) is 4.23. The zero-order valence-corrected chi connectivity index (χ0v) is 11.7. The third-order valence-electron chi connectivity index (χ3n) is 4.33. The SMILES string of the molecule is CCC1CCCN(C(CO)C(N)C(C)C)CC1. The van der Waals surface area contributed by atoms with Gasteiger partial charge in [0.2, 0.25) is 0 Å². The summed E-state index contributed by atoms with van der Waals surface area (Å²) in [5.41, 5.74) is 6.22. The van der Waals surface area contributed by atoms with Gasteiger partial charge < -0.3 is 10.8 Å². The van der Waals surface area contributed by atoms with Crippen LogP contribution >= 0.6 is 0 Å². The Balaban J connectivity index is 2.57. The molecule has 0 saturated carbocycles. The summed E-state index contributed by atoms with van der Waals surface area (Å²) < 4.78 is 0. The van der Waals surface area contributed by atoms with E-state index in [0.717, 1.165) is 19.0 Å². The minimum atomic E-state index is 0.0816. The molecule has 1 rings (SSSR count). The van der Waals surface area contributed by atoms with Crippen LogP contribution in [0.3, 0.4) is 0 Å². The van der Waals surface area contributed by atoms with Gasteiger partial charge in [-0.3, -0.25) is 4.90 Å². The van der Waals surface area contributed by atoms with Crippen molar-refractivity contribution >= 4 is 0 Å². The molecule has 1 saturated heterocycles. The average molecular weight is 242 g/mol. The fourth-order valence-electron chi connectivity index (χ4n) is 2.85. The van der Waals surface area contributed by atoms with Gasteiger partial charge in [0.25, 0.3) is 0 Å². The molecule has 3 unspecified atom stereocenters. The number of nitrogens with two attached hydrogens (primary N) is 1. The molecule has 0 spiro atoms. The highest BCUT2D eigenvalue weighted by Gasteiger charge is 2.28. The Hall–Kier alpha value is -0.120. The predicted octanol–water partition coefficient (Wildman–Crippen LogP) is 1.84. The maximum atomic E-state index is 9.59. The molecule has 102 valence electrons. The van der Waals surface area contributed by atoms with Crippen molar-refractivity contribution in [3.63, 3.8) is 0 Å². The van der Waals surface area contributed by atoms with E-state index in [-0.39, 0.29) is 18.7 Å². The quantitative estimate of drug-likeness (QED) is 0.773. The Bertz CT molecular complexity index is 208. The van der Waals surface area contributed by atoms with Gasteiger partial charge in [-0.2, -0.15) is 0 Å². The molecule has 1 aliphatic heterocycles. The molecule has 0 aliphatic carbocycles. The lowest BCUT2D eigenvalue weighted by Crippen LogP contribution is -2.52. The minimum absolute atomic E-state index is 0.0816. The van der Waals surface area contributed by atoms with Crippen molar-refractivity contribution in [3.8, 4) is 0 Å². The van der Waals surface area contributed by atoms with E-state index in [4.69, 9.17) is 5.73 Å². The monoisotopic (exact) mass is 242 g/mol. The maximum absolute atomic E-state index is 9.59. The van der Waals surface area contributed by atoms with E-state index in [1.165, 1.54) is 25.7 Å². The summed E-state index contributed by atoms with van der Waals surface area (Å²) in [5, 5.41) is 9.59. The van der Waals surface area contributed by atoms with Gasteiger partial charge in [-0.05, 0) is 44.2 Å². The second kappa shape index (κ2) is 7.34. The van der Waals surface area contributed by atoms with Crippen LogP contribution in [0.25, 0.3) is 0 Å². The van der Waals surface area contributed by atoms with Crippen molar-refractivity contribution in [2.24, 2.45) is 17.6 Å². The highest BCUT2D eigenvalue weighted by molar-refractivity contribution is 4.85. The first-order valence-corrected chi connectivity index (χ1v) is 7.20. The summed E-state index contributed by atoms with van der Waals surface area (Å²) >= 11 is 0. The molecular weight excluding hydrogens is 212 g/mol. The second-order valence-electron chi connectivity index (χ2n) is 5.81. The summed E-state index contributed by atoms with van der Waals surface area (Å²) in [5.74, 6) is 1.30. The van der Waals surface area contributed by atoms with Gasteiger partial charge in [0.05, 0.1) is 6.61 Å². The Morgan fingerprint density at radius 3 is 2.53 bits per heavy atom. The lowest BCUT2D eigenvalue weighted by Gasteiger charge is -2.35. The zero-order valence-electron chi connectivity index (χ0n) is 11.7. The van der Waals surface area contributed by atoms with Gasteiger partial charge in [-0.25, -0.2) is 0 Å². The van der Waals surface area contributed by atoms with Crippen molar-refractivity contribution in [3.05, 3.63) is 0 Å². The van der Waals surface area contributed by atoms with Crippen LogP contribution in [-0.2, 0) is 0 Å². The summed E-state index contributed by atoms with van der Waals surface area (Å²) in [6.07, 6.45) is 5.13. The first kappa shape index (κ1) is 14.9. The van der Waals surface area contributed by atoms with E-state index in [9.17, 15) is 5.11 Å². The first-order valence-electron chi connectivity index (χ1n) is 7.20. The van der Waals surface area contributed by atoms with Crippen molar-refractivity contribution in [2.45, 2.75) is 58.5 Å². The highest BCUT2D eigenvalue weighted by Crippen LogP contribution is 2.22. The molecule has 3 atom stereocenters. The number of hydrogen-bond donors (Lipinski definition) is 2. The maximum Gasteiger partial charge on any atom is 0.0602 e. The summed E-state index contributed by atoms with van der Waals surface area (Å²) in [4.78, 5) is 2.42. The fraction of sp³-hybridized carbons (Fsp3) is 1.00. The van der Waals surface area contributed by atoms with E-state index in [1.807, 2.05) is 0 Å². The highest BCUT2D eigenvalue weighted by atomic mass is 16.3. The molecule has 1 fully saturated rings. The molecule has 17 heavy (non-hydrogen) atoms. The van der Waals surface area contributed by atoms with Crippen molar-refractivity contribution < 1.29 is 5.11 Å². The Kier molecular flexibility index (Phi) is 6.45. The number of rotatable bonds is 5. The zero-order chi connectivity index (χ0) is 12.8. The van der Waals surface area contributed by atoms with Crippen LogP contribution < -0.4 is 5.73 Å². The van der Waals surface area contributed by atoms with Gasteiger partial charge in [0.15, 0.2) is 0 Å². The van der Waals surface area contributed by atoms with E-state index in [0.29, 0.717) is 5.92 Å². The number of hydrogen-bond acceptors (Lipinski definition) is 3. The van der Waals surface area contributed by atoms with Crippen LogP contribution in [0.15, 0.2) is 0 Å². The van der Waals surface area contributed by atoms with Crippen molar-refractivity contribution in [2.75, 3.05) is 19.7 Å². The number of aliphatic hydroxyl groups is 1. The van der Waals surface area contributed by atoms with Crippen molar-refractivity contribution in [1.82, 2.24) is 4.90 Å². The number of likely N-dealkylation sites (tertiary alicyclic amines) is 1. The van der Waals surface area contributed by atoms with E-state index < -0.39 is 0 Å². The average Bonchev–Trinajstić information content (AvgIpc) is 2.55. The molecule has 0 radical (unpaired) electrons. The van der Waals surface area contributed by atoms with Gasteiger partial charge in [0.1, 0.15) is 0 Å². The molecule has 0 bridgehead atoms. The molecule has 1 aliphatic rings. The molecule has 0 aromatic carbocycles. The second-order valence-corrected chi connectivity index (χ2v) is 5.81. The van der Waals surface area contributed by atoms with Crippen molar-refractivity contribution in [1.29, 1.82) is 0 Å². The van der Waals surface area contributed by atoms with Gasteiger partial charge in [-0.1, -0.05) is 27.2 Å².